The van der Waals surface area contributed by atoms with Gasteiger partial charge in [-0.25, -0.2) is 0 Å². The smallest absolute Gasteiger partial charge is 0.316 e. The summed E-state index contributed by atoms with van der Waals surface area (Å²) in [7, 11) is 3.32. The van der Waals surface area contributed by atoms with Gasteiger partial charge in [-0.2, -0.15) is 13.2 Å². The monoisotopic (exact) mass is 369 g/mol. The molecule has 0 bridgehead atoms. The summed E-state index contributed by atoms with van der Waals surface area (Å²) < 4.78 is 38.3. The molecule has 0 aliphatic rings. The van der Waals surface area contributed by atoms with E-state index in [1.54, 1.807) is 19.0 Å². The maximum Gasteiger partial charge on any atom is 0.416 e. The van der Waals surface area contributed by atoms with E-state index in [9.17, 15) is 13.2 Å². The van der Waals surface area contributed by atoms with Crippen LogP contribution in [0.15, 0.2) is 42.5 Å². The third kappa shape index (κ3) is 4.25. The summed E-state index contributed by atoms with van der Waals surface area (Å²) in [6.45, 7) is 2.04. The van der Waals surface area contributed by atoms with E-state index in [2.05, 4.69) is 0 Å². The summed E-state index contributed by atoms with van der Waals surface area (Å²) in [4.78, 5) is 3.09. The lowest BCUT2D eigenvalue weighted by Gasteiger charge is -2.29. The first kappa shape index (κ1) is 19.1. The number of rotatable bonds is 3. The van der Waals surface area contributed by atoms with Crippen molar-refractivity contribution in [2.75, 3.05) is 23.9 Å². The molecule has 7 heteroatoms. The van der Waals surface area contributed by atoms with Gasteiger partial charge in [0.25, 0.3) is 0 Å². The molecule has 2 rings (SSSR count). The van der Waals surface area contributed by atoms with E-state index in [0.717, 1.165) is 29.8 Å². The summed E-state index contributed by atoms with van der Waals surface area (Å²) in [5, 5.41) is 8.29. The standard InChI is InChI=1S/C18H19ClF3N3/c1-4-12-6-5-7-14(10-12)24(2)17(23)25(3)16-9-8-13(11-15(16)19)18(20,21)22/h5-11,23H,4H2,1-3H3. The first-order valence-corrected chi connectivity index (χ1v) is 8.04. The minimum absolute atomic E-state index is 0.0576. The highest BCUT2D eigenvalue weighted by Gasteiger charge is 2.31. The van der Waals surface area contributed by atoms with E-state index < -0.39 is 11.7 Å². The second-order valence-electron chi connectivity index (χ2n) is 5.63. The lowest BCUT2D eigenvalue weighted by molar-refractivity contribution is -0.137. The van der Waals surface area contributed by atoms with Crippen LogP contribution >= 0.6 is 11.6 Å². The molecule has 0 atom stereocenters. The van der Waals surface area contributed by atoms with Crippen LogP contribution in [0, 0.1) is 5.41 Å². The summed E-state index contributed by atoms with van der Waals surface area (Å²) in [5.41, 5.74) is 1.47. The van der Waals surface area contributed by atoms with Gasteiger partial charge >= 0.3 is 6.18 Å². The number of benzene rings is 2. The molecule has 0 amide bonds. The number of hydrogen-bond acceptors (Lipinski definition) is 1. The van der Waals surface area contributed by atoms with Crippen LogP contribution in [0.4, 0.5) is 24.5 Å². The van der Waals surface area contributed by atoms with Crippen LogP contribution in [-0.4, -0.2) is 20.1 Å². The SMILES string of the molecule is CCc1cccc(N(C)C(=N)N(C)c2ccc(C(F)(F)F)cc2Cl)c1. The molecule has 2 aromatic rings. The van der Waals surface area contributed by atoms with E-state index >= 15 is 0 Å². The third-order valence-electron chi connectivity index (χ3n) is 3.98. The molecule has 0 fully saturated rings. The molecule has 0 aliphatic heterocycles. The Bertz CT molecular complexity index is 774. The molecular formula is C18H19ClF3N3. The Labute approximate surface area is 150 Å². The van der Waals surface area contributed by atoms with E-state index in [0.29, 0.717) is 5.69 Å². The largest absolute Gasteiger partial charge is 0.416 e. The first-order valence-electron chi connectivity index (χ1n) is 7.66. The Kier molecular flexibility index (Phi) is 5.62. The van der Waals surface area contributed by atoms with Crippen molar-refractivity contribution in [1.29, 1.82) is 5.41 Å². The zero-order valence-electron chi connectivity index (χ0n) is 14.2. The second-order valence-corrected chi connectivity index (χ2v) is 6.04. The van der Waals surface area contributed by atoms with Gasteiger partial charge in [0, 0.05) is 19.8 Å². The van der Waals surface area contributed by atoms with Crippen LogP contribution in [0.3, 0.4) is 0 Å². The molecule has 25 heavy (non-hydrogen) atoms. The molecule has 134 valence electrons. The van der Waals surface area contributed by atoms with Crippen LogP contribution in [-0.2, 0) is 12.6 Å². The number of anilines is 2. The molecule has 1 N–H and O–H groups in total. The highest BCUT2D eigenvalue weighted by Crippen LogP contribution is 2.35. The Morgan fingerprint density at radius 1 is 1.08 bits per heavy atom. The number of nitrogens with zero attached hydrogens (tertiary/aromatic N) is 2. The van der Waals surface area contributed by atoms with Gasteiger partial charge in [0.1, 0.15) is 0 Å². The van der Waals surface area contributed by atoms with Gasteiger partial charge in [0.2, 0.25) is 5.96 Å². The van der Waals surface area contributed by atoms with Gasteiger partial charge in [-0.05, 0) is 42.3 Å². The maximum atomic E-state index is 12.8. The van der Waals surface area contributed by atoms with Crippen molar-refractivity contribution in [3.8, 4) is 0 Å². The summed E-state index contributed by atoms with van der Waals surface area (Å²) in [6.07, 6.45) is -3.58. The van der Waals surface area contributed by atoms with Crippen molar-refractivity contribution < 1.29 is 13.2 Å². The fourth-order valence-corrected chi connectivity index (χ4v) is 2.71. The molecule has 3 nitrogen and oxygen atoms in total. The van der Waals surface area contributed by atoms with Crippen molar-refractivity contribution in [3.63, 3.8) is 0 Å². The topological polar surface area (TPSA) is 30.3 Å². The number of guanidine groups is 1. The van der Waals surface area contributed by atoms with Gasteiger partial charge in [-0.15, -0.1) is 0 Å². The fraction of sp³-hybridized carbons (Fsp3) is 0.278. The minimum Gasteiger partial charge on any atom is -0.316 e. The number of aryl methyl sites for hydroxylation is 1. The highest BCUT2D eigenvalue weighted by atomic mass is 35.5. The van der Waals surface area contributed by atoms with E-state index in [1.165, 1.54) is 11.0 Å². The highest BCUT2D eigenvalue weighted by molar-refractivity contribution is 6.34. The predicted molar refractivity (Wildman–Crippen MR) is 96.8 cm³/mol. The Morgan fingerprint density at radius 3 is 2.32 bits per heavy atom. The molecule has 0 aliphatic carbocycles. The van der Waals surface area contributed by atoms with E-state index in [4.69, 9.17) is 17.0 Å². The number of halogens is 4. The van der Waals surface area contributed by atoms with Crippen LogP contribution < -0.4 is 9.80 Å². The predicted octanol–water partition coefficient (Wildman–Crippen LogP) is 5.43. The lowest BCUT2D eigenvalue weighted by Crippen LogP contribution is -2.39. The Hall–Kier alpha value is -2.21. The normalized spacial score (nSPS) is 11.3. The molecular weight excluding hydrogens is 351 g/mol. The van der Waals surface area contributed by atoms with Gasteiger partial charge in [-0.1, -0.05) is 30.7 Å². The van der Waals surface area contributed by atoms with Crippen LogP contribution in [0.25, 0.3) is 0 Å². The molecule has 0 unspecified atom stereocenters. The van der Waals surface area contributed by atoms with E-state index in [-0.39, 0.29) is 11.0 Å². The first-order chi connectivity index (χ1) is 11.6. The van der Waals surface area contributed by atoms with Crippen LogP contribution in [0.1, 0.15) is 18.1 Å². The van der Waals surface area contributed by atoms with Crippen LogP contribution in [0.2, 0.25) is 5.02 Å². The molecule has 0 saturated carbocycles. The van der Waals surface area contributed by atoms with Crippen molar-refractivity contribution in [3.05, 3.63) is 58.6 Å². The molecule has 0 heterocycles. The zero-order chi connectivity index (χ0) is 18.8. The molecule has 0 aromatic heterocycles. The van der Waals surface area contributed by atoms with Crippen LogP contribution in [0.5, 0.6) is 0 Å². The molecule has 0 radical (unpaired) electrons. The van der Waals surface area contributed by atoms with Crippen molar-refractivity contribution in [2.24, 2.45) is 0 Å². The van der Waals surface area contributed by atoms with Gasteiger partial charge in [0.15, 0.2) is 0 Å². The maximum absolute atomic E-state index is 12.8. The fourth-order valence-electron chi connectivity index (χ4n) is 2.40. The molecule has 0 saturated heterocycles. The zero-order valence-corrected chi connectivity index (χ0v) is 14.9. The lowest BCUT2D eigenvalue weighted by atomic mass is 10.1. The summed E-state index contributed by atoms with van der Waals surface area (Å²) in [6, 6.07) is 10.9. The van der Waals surface area contributed by atoms with Crippen molar-refractivity contribution in [1.82, 2.24) is 0 Å². The Morgan fingerprint density at radius 2 is 1.76 bits per heavy atom. The summed E-state index contributed by atoms with van der Waals surface area (Å²) >= 11 is 6.02. The van der Waals surface area contributed by atoms with Gasteiger partial charge < -0.3 is 9.80 Å². The summed E-state index contributed by atoms with van der Waals surface area (Å²) in [5.74, 6) is 0.0925. The average molecular weight is 370 g/mol. The van der Waals surface area contributed by atoms with Gasteiger partial charge in [-0.3, -0.25) is 5.41 Å². The van der Waals surface area contributed by atoms with Gasteiger partial charge in [0.05, 0.1) is 16.3 Å². The minimum atomic E-state index is -4.45. The third-order valence-corrected chi connectivity index (χ3v) is 4.28. The average Bonchev–Trinajstić information content (AvgIpc) is 2.59. The molecule has 2 aromatic carbocycles. The number of nitrogens with one attached hydrogen (secondary N) is 1. The number of alkyl halides is 3. The molecule has 0 spiro atoms. The van der Waals surface area contributed by atoms with E-state index in [1.807, 2.05) is 31.2 Å². The van der Waals surface area contributed by atoms with Crippen molar-refractivity contribution >= 4 is 28.9 Å². The quantitative estimate of drug-likeness (QED) is 0.577. The second kappa shape index (κ2) is 7.35. The van der Waals surface area contributed by atoms with Crippen molar-refractivity contribution in [2.45, 2.75) is 19.5 Å². The number of hydrogen-bond donors (Lipinski definition) is 1. The Balaban J connectivity index is 2.27.